The van der Waals surface area contributed by atoms with Crippen LogP contribution in [0.2, 0.25) is 0 Å². The minimum Gasteiger partial charge on any atom is -0.481 e. The summed E-state index contributed by atoms with van der Waals surface area (Å²) in [5.41, 5.74) is 0.297. The highest BCUT2D eigenvalue weighted by molar-refractivity contribution is 9.10. The molecule has 8 heteroatoms. The minimum atomic E-state index is -3.87. The summed E-state index contributed by atoms with van der Waals surface area (Å²) in [5, 5.41) is 9.22. The van der Waals surface area contributed by atoms with Gasteiger partial charge in [0, 0.05) is 12.6 Å². The standard InChI is InChI=1S/C14H17BrFNO4S/c1-8-6-12(16)11(15)7-13(8)22(20,21)17-5-3-4-10(9(17)2)14(18)19/h6-7,9-10H,3-5H2,1-2H3,(H,18,19)/t9-,10-/m1/s1. The fourth-order valence-corrected chi connectivity index (χ4v) is 5.25. The fraction of sp³-hybridized carbons (Fsp3) is 0.500. The van der Waals surface area contributed by atoms with E-state index in [1.165, 1.54) is 17.3 Å². The van der Waals surface area contributed by atoms with E-state index in [4.69, 9.17) is 0 Å². The van der Waals surface area contributed by atoms with Gasteiger partial charge in [-0.05, 0) is 60.3 Å². The lowest BCUT2D eigenvalue weighted by Gasteiger charge is -2.36. The molecule has 122 valence electrons. The second-order valence-corrected chi connectivity index (χ2v) is 8.19. The number of piperidine rings is 1. The Morgan fingerprint density at radius 2 is 2.09 bits per heavy atom. The Kier molecular flexibility index (Phi) is 4.93. The molecule has 1 fully saturated rings. The number of sulfonamides is 1. The molecule has 1 aromatic carbocycles. The lowest BCUT2D eigenvalue weighted by molar-refractivity contribution is -0.144. The van der Waals surface area contributed by atoms with Crippen molar-refractivity contribution >= 4 is 31.9 Å². The van der Waals surface area contributed by atoms with E-state index >= 15 is 0 Å². The quantitative estimate of drug-likeness (QED) is 0.856. The van der Waals surface area contributed by atoms with Crippen molar-refractivity contribution in [3.05, 3.63) is 28.0 Å². The number of benzene rings is 1. The first-order valence-electron chi connectivity index (χ1n) is 6.86. The van der Waals surface area contributed by atoms with Gasteiger partial charge < -0.3 is 5.11 Å². The monoisotopic (exact) mass is 393 g/mol. The largest absolute Gasteiger partial charge is 0.481 e. The van der Waals surface area contributed by atoms with Crippen LogP contribution in [-0.4, -0.2) is 36.4 Å². The molecule has 2 atom stereocenters. The maximum atomic E-state index is 13.5. The van der Waals surface area contributed by atoms with E-state index in [0.717, 1.165) is 6.07 Å². The van der Waals surface area contributed by atoms with E-state index in [2.05, 4.69) is 15.9 Å². The van der Waals surface area contributed by atoms with Crippen molar-refractivity contribution in [1.29, 1.82) is 0 Å². The molecule has 0 bridgehead atoms. The van der Waals surface area contributed by atoms with Crippen LogP contribution in [0.15, 0.2) is 21.5 Å². The second kappa shape index (κ2) is 6.25. The number of carbonyl (C=O) groups is 1. The Hall–Kier alpha value is -0.990. The van der Waals surface area contributed by atoms with Crippen molar-refractivity contribution in [3.8, 4) is 0 Å². The zero-order valence-electron chi connectivity index (χ0n) is 12.2. The van der Waals surface area contributed by atoms with Gasteiger partial charge in [-0.1, -0.05) is 0 Å². The molecule has 0 aromatic heterocycles. The lowest BCUT2D eigenvalue weighted by atomic mass is 9.92. The smallest absolute Gasteiger partial charge is 0.308 e. The molecular weight excluding hydrogens is 377 g/mol. The summed E-state index contributed by atoms with van der Waals surface area (Å²) in [7, 11) is -3.87. The molecule has 0 radical (unpaired) electrons. The third-order valence-electron chi connectivity index (χ3n) is 4.05. The van der Waals surface area contributed by atoms with E-state index in [1.807, 2.05) is 0 Å². The van der Waals surface area contributed by atoms with Gasteiger partial charge in [0.2, 0.25) is 10.0 Å². The van der Waals surface area contributed by atoms with Crippen LogP contribution < -0.4 is 0 Å². The van der Waals surface area contributed by atoms with Crippen molar-refractivity contribution in [2.24, 2.45) is 5.92 Å². The fourth-order valence-electron chi connectivity index (χ4n) is 2.81. The van der Waals surface area contributed by atoms with Gasteiger partial charge in [0.05, 0.1) is 15.3 Å². The Morgan fingerprint density at radius 1 is 1.45 bits per heavy atom. The first kappa shape index (κ1) is 17.4. The Labute approximate surface area is 137 Å². The van der Waals surface area contributed by atoms with Gasteiger partial charge in [-0.15, -0.1) is 0 Å². The molecule has 0 amide bonds. The molecule has 22 heavy (non-hydrogen) atoms. The minimum absolute atomic E-state index is 0.00124. The molecule has 1 heterocycles. The average molecular weight is 394 g/mol. The summed E-state index contributed by atoms with van der Waals surface area (Å²) in [5.74, 6) is -2.26. The number of hydrogen-bond donors (Lipinski definition) is 1. The number of halogens is 2. The van der Waals surface area contributed by atoms with Crippen molar-refractivity contribution in [1.82, 2.24) is 4.31 Å². The van der Waals surface area contributed by atoms with Crippen molar-refractivity contribution in [3.63, 3.8) is 0 Å². The Bertz CT molecular complexity index is 707. The summed E-state index contributed by atoms with van der Waals surface area (Å²) in [6, 6.07) is 1.75. The average Bonchev–Trinajstić information content (AvgIpc) is 2.42. The SMILES string of the molecule is Cc1cc(F)c(Br)cc1S(=O)(=O)N1CCC[C@@H](C(=O)O)[C@H]1C. The topological polar surface area (TPSA) is 74.7 Å². The normalized spacial score (nSPS) is 23.5. The highest BCUT2D eigenvalue weighted by atomic mass is 79.9. The molecule has 2 rings (SSSR count). The van der Waals surface area contributed by atoms with Crippen molar-refractivity contribution in [2.75, 3.05) is 6.54 Å². The van der Waals surface area contributed by atoms with E-state index in [9.17, 15) is 22.7 Å². The van der Waals surface area contributed by atoms with Crippen molar-refractivity contribution < 1.29 is 22.7 Å². The van der Waals surface area contributed by atoms with Crippen LogP contribution in [-0.2, 0) is 14.8 Å². The van der Waals surface area contributed by atoms with Gasteiger partial charge in [0.15, 0.2) is 0 Å². The second-order valence-electron chi connectivity index (χ2n) is 5.48. The van der Waals surface area contributed by atoms with Crippen LogP contribution in [0.25, 0.3) is 0 Å². The lowest BCUT2D eigenvalue weighted by Crippen LogP contribution is -2.49. The highest BCUT2D eigenvalue weighted by Crippen LogP contribution is 2.32. The highest BCUT2D eigenvalue weighted by Gasteiger charge is 2.40. The van der Waals surface area contributed by atoms with Crippen LogP contribution in [0, 0.1) is 18.7 Å². The van der Waals surface area contributed by atoms with Crippen LogP contribution in [0.5, 0.6) is 0 Å². The number of aliphatic carboxylic acids is 1. The number of nitrogens with zero attached hydrogens (tertiary/aromatic N) is 1. The van der Waals surface area contributed by atoms with E-state index in [0.29, 0.717) is 18.4 Å². The summed E-state index contributed by atoms with van der Waals surface area (Å²) >= 11 is 2.99. The third kappa shape index (κ3) is 3.04. The van der Waals surface area contributed by atoms with E-state index in [1.54, 1.807) is 6.92 Å². The Morgan fingerprint density at radius 3 is 2.68 bits per heavy atom. The van der Waals surface area contributed by atoms with Gasteiger partial charge >= 0.3 is 5.97 Å². The molecule has 0 aliphatic carbocycles. The van der Waals surface area contributed by atoms with Gasteiger partial charge in [-0.3, -0.25) is 4.79 Å². The predicted molar refractivity (Wildman–Crippen MR) is 82.6 cm³/mol. The van der Waals surface area contributed by atoms with E-state index in [-0.39, 0.29) is 15.9 Å². The Balaban J connectivity index is 2.46. The summed E-state index contributed by atoms with van der Waals surface area (Å²) < 4.78 is 40.5. The zero-order valence-corrected chi connectivity index (χ0v) is 14.6. The number of rotatable bonds is 3. The van der Waals surface area contributed by atoms with Gasteiger partial charge in [-0.25, -0.2) is 12.8 Å². The van der Waals surface area contributed by atoms with Crippen LogP contribution >= 0.6 is 15.9 Å². The zero-order chi connectivity index (χ0) is 16.7. The summed E-state index contributed by atoms with van der Waals surface area (Å²) in [6.45, 7) is 3.39. The van der Waals surface area contributed by atoms with Crippen LogP contribution in [0.3, 0.4) is 0 Å². The van der Waals surface area contributed by atoms with Gasteiger partial charge in [-0.2, -0.15) is 4.31 Å². The first-order valence-corrected chi connectivity index (χ1v) is 9.10. The molecular formula is C14H17BrFNO4S. The number of hydrogen-bond acceptors (Lipinski definition) is 3. The molecule has 1 aliphatic heterocycles. The number of carboxylic acid groups (broad SMARTS) is 1. The maximum Gasteiger partial charge on any atom is 0.308 e. The van der Waals surface area contributed by atoms with Crippen LogP contribution in [0.1, 0.15) is 25.3 Å². The third-order valence-corrected chi connectivity index (χ3v) is 6.79. The maximum absolute atomic E-state index is 13.5. The summed E-state index contributed by atoms with van der Waals surface area (Å²) in [6.07, 6.45) is 0.941. The number of aryl methyl sites for hydroxylation is 1. The molecule has 1 N–H and O–H groups in total. The van der Waals surface area contributed by atoms with Gasteiger partial charge in [0.25, 0.3) is 0 Å². The van der Waals surface area contributed by atoms with Gasteiger partial charge in [0.1, 0.15) is 5.82 Å². The van der Waals surface area contributed by atoms with Crippen LogP contribution in [0.4, 0.5) is 4.39 Å². The van der Waals surface area contributed by atoms with Crippen molar-refractivity contribution in [2.45, 2.75) is 37.6 Å². The molecule has 0 saturated carbocycles. The first-order chi connectivity index (χ1) is 10.2. The summed E-state index contributed by atoms with van der Waals surface area (Å²) in [4.78, 5) is 11.3. The molecule has 0 unspecified atom stereocenters. The molecule has 1 aromatic rings. The van der Waals surface area contributed by atoms with E-state index < -0.39 is 33.8 Å². The molecule has 1 saturated heterocycles. The molecule has 0 spiro atoms. The molecule has 1 aliphatic rings. The number of carboxylic acids is 1. The predicted octanol–water partition coefficient (Wildman–Crippen LogP) is 2.77. The molecule has 5 nitrogen and oxygen atoms in total.